The molecule has 0 saturated carbocycles. The zero-order valence-corrected chi connectivity index (χ0v) is 11.3. The van der Waals surface area contributed by atoms with Gasteiger partial charge >= 0.3 is 12.0 Å². The van der Waals surface area contributed by atoms with Gasteiger partial charge in [-0.25, -0.2) is 9.18 Å². The predicted octanol–water partition coefficient (Wildman–Crippen LogP) is 3.12. The molecule has 104 valence electrons. The second kappa shape index (κ2) is 6.58. The van der Waals surface area contributed by atoms with E-state index < -0.39 is 23.9 Å². The smallest absolute Gasteiger partial charge is 0.319 e. The summed E-state index contributed by atoms with van der Waals surface area (Å²) in [6.07, 6.45) is -0.210. The highest BCUT2D eigenvalue weighted by molar-refractivity contribution is 6.35. The third-order valence-corrected chi connectivity index (χ3v) is 2.65. The molecule has 0 bridgehead atoms. The number of rotatable bonds is 4. The van der Waals surface area contributed by atoms with Gasteiger partial charge in [0, 0.05) is 11.7 Å². The van der Waals surface area contributed by atoms with Gasteiger partial charge < -0.3 is 15.7 Å². The number of nitrogens with one attached hydrogen (secondary N) is 2. The number of carbonyl (C=O) groups excluding carboxylic acids is 1. The van der Waals surface area contributed by atoms with Crippen molar-refractivity contribution in [2.75, 3.05) is 5.32 Å². The number of carboxylic acids is 1. The van der Waals surface area contributed by atoms with Gasteiger partial charge in [0.2, 0.25) is 0 Å². The Balaban J connectivity index is 2.65. The third kappa shape index (κ3) is 4.92. The summed E-state index contributed by atoms with van der Waals surface area (Å²) in [5.74, 6) is -1.80. The van der Waals surface area contributed by atoms with Crippen LogP contribution in [0, 0.1) is 5.82 Å². The first-order valence-corrected chi connectivity index (χ1v) is 5.99. The van der Waals surface area contributed by atoms with Crippen LogP contribution in [0.25, 0.3) is 0 Å². The highest BCUT2D eigenvalue weighted by Gasteiger charge is 2.13. The van der Waals surface area contributed by atoms with Crippen LogP contribution in [0.2, 0.25) is 10.0 Å². The second-order valence-corrected chi connectivity index (χ2v) is 4.67. The Labute approximate surface area is 118 Å². The summed E-state index contributed by atoms with van der Waals surface area (Å²) in [6.45, 7) is 1.54. The van der Waals surface area contributed by atoms with Crippen LogP contribution in [0.5, 0.6) is 0 Å². The van der Waals surface area contributed by atoms with Crippen LogP contribution in [0.1, 0.15) is 13.3 Å². The Morgan fingerprint density at radius 1 is 1.37 bits per heavy atom. The van der Waals surface area contributed by atoms with E-state index in [-0.39, 0.29) is 22.2 Å². The monoisotopic (exact) mass is 308 g/mol. The number of anilines is 1. The molecule has 5 nitrogen and oxygen atoms in total. The summed E-state index contributed by atoms with van der Waals surface area (Å²) < 4.78 is 13.1. The van der Waals surface area contributed by atoms with E-state index in [0.29, 0.717) is 0 Å². The van der Waals surface area contributed by atoms with Crippen molar-refractivity contribution in [2.45, 2.75) is 19.4 Å². The number of hydrogen-bond donors (Lipinski definition) is 3. The van der Waals surface area contributed by atoms with Crippen molar-refractivity contribution in [3.05, 3.63) is 28.0 Å². The number of urea groups is 1. The molecular formula is C11H11Cl2FN2O3. The van der Waals surface area contributed by atoms with Gasteiger partial charge in [0.25, 0.3) is 0 Å². The van der Waals surface area contributed by atoms with Crippen molar-refractivity contribution in [1.82, 2.24) is 5.32 Å². The summed E-state index contributed by atoms with van der Waals surface area (Å²) >= 11 is 11.1. The van der Waals surface area contributed by atoms with Crippen LogP contribution >= 0.6 is 23.2 Å². The summed E-state index contributed by atoms with van der Waals surface area (Å²) in [4.78, 5) is 21.9. The molecule has 0 saturated heterocycles. The van der Waals surface area contributed by atoms with Crippen molar-refractivity contribution in [1.29, 1.82) is 0 Å². The topological polar surface area (TPSA) is 78.4 Å². The lowest BCUT2D eigenvalue weighted by molar-refractivity contribution is -0.137. The normalized spacial score (nSPS) is 11.8. The quantitative estimate of drug-likeness (QED) is 0.748. The fraction of sp³-hybridized carbons (Fsp3) is 0.273. The molecule has 0 heterocycles. The Bertz CT molecular complexity index is 488. The van der Waals surface area contributed by atoms with Crippen molar-refractivity contribution in [3.63, 3.8) is 0 Å². The summed E-state index contributed by atoms with van der Waals surface area (Å²) in [5.41, 5.74) is 0.205. The van der Waals surface area contributed by atoms with E-state index in [9.17, 15) is 14.0 Å². The first kappa shape index (κ1) is 15.5. The number of hydrogen-bond acceptors (Lipinski definition) is 2. The molecule has 2 amide bonds. The maximum absolute atomic E-state index is 13.1. The van der Waals surface area contributed by atoms with Gasteiger partial charge in [0.05, 0.1) is 16.5 Å². The van der Waals surface area contributed by atoms with Gasteiger partial charge in [-0.1, -0.05) is 23.2 Å². The average molecular weight is 309 g/mol. The lowest BCUT2D eigenvalue weighted by atomic mass is 10.2. The summed E-state index contributed by atoms with van der Waals surface area (Å²) in [5, 5.41) is 12.9. The van der Waals surface area contributed by atoms with Gasteiger partial charge in [-0.15, -0.1) is 0 Å². The van der Waals surface area contributed by atoms with E-state index in [1.807, 2.05) is 0 Å². The van der Waals surface area contributed by atoms with Crippen molar-refractivity contribution in [3.8, 4) is 0 Å². The molecule has 1 aromatic rings. The Kier molecular flexibility index (Phi) is 5.38. The molecular weight excluding hydrogens is 298 g/mol. The molecule has 0 radical (unpaired) electrons. The Morgan fingerprint density at radius 3 is 2.37 bits per heavy atom. The zero-order chi connectivity index (χ0) is 14.6. The number of amides is 2. The molecule has 1 rings (SSSR count). The number of aliphatic carboxylic acids is 1. The lowest BCUT2D eigenvalue weighted by Crippen LogP contribution is -2.37. The maximum Gasteiger partial charge on any atom is 0.319 e. The molecule has 1 aromatic carbocycles. The minimum atomic E-state index is -1.03. The van der Waals surface area contributed by atoms with Gasteiger partial charge in [-0.05, 0) is 19.1 Å². The van der Waals surface area contributed by atoms with Crippen LogP contribution in [-0.4, -0.2) is 23.1 Å². The molecule has 3 N–H and O–H groups in total. The molecule has 1 atom stereocenters. The van der Waals surface area contributed by atoms with Crippen molar-refractivity contribution in [2.24, 2.45) is 0 Å². The average Bonchev–Trinajstić information content (AvgIpc) is 2.23. The van der Waals surface area contributed by atoms with E-state index in [2.05, 4.69) is 10.6 Å². The Morgan fingerprint density at radius 2 is 1.89 bits per heavy atom. The van der Waals surface area contributed by atoms with Gasteiger partial charge in [-0.2, -0.15) is 0 Å². The zero-order valence-electron chi connectivity index (χ0n) is 9.84. The second-order valence-electron chi connectivity index (χ2n) is 3.85. The molecule has 0 aromatic heterocycles. The summed E-state index contributed by atoms with van der Waals surface area (Å²) in [6, 6.07) is 1.21. The van der Waals surface area contributed by atoms with Crippen LogP contribution in [0.15, 0.2) is 12.1 Å². The summed E-state index contributed by atoms with van der Waals surface area (Å²) in [7, 11) is 0. The minimum absolute atomic E-state index is 0.205. The maximum atomic E-state index is 13.1. The Hall–Kier alpha value is -1.53. The number of carboxylic acid groups (broad SMARTS) is 1. The fourth-order valence-electron chi connectivity index (χ4n) is 1.33. The molecule has 19 heavy (non-hydrogen) atoms. The van der Waals surface area contributed by atoms with Crippen LogP contribution in [0.4, 0.5) is 14.9 Å². The number of halogens is 3. The van der Waals surface area contributed by atoms with Crippen molar-refractivity contribution < 1.29 is 19.1 Å². The highest BCUT2D eigenvalue weighted by atomic mass is 35.5. The lowest BCUT2D eigenvalue weighted by Gasteiger charge is -2.13. The molecule has 0 spiro atoms. The number of carbonyl (C=O) groups is 2. The molecule has 0 aliphatic rings. The molecule has 0 aliphatic carbocycles. The minimum Gasteiger partial charge on any atom is -0.481 e. The van der Waals surface area contributed by atoms with Gasteiger partial charge in [-0.3, -0.25) is 4.79 Å². The van der Waals surface area contributed by atoms with E-state index in [1.54, 1.807) is 0 Å². The van der Waals surface area contributed by atoms with E-state index in [4.69, 9.17) is 28.3 Å². The van der Waals surface area contributed by atoms with E-state index >= 15 is 0 Å². The third-order valence-electron chi connectivity index (χ3n) is 2.10. The SMILES string of the molecule is CC(CC(=O)O)NC(=O)Nc1cc(Cl)c(F)c(Cl)c1. The number of benzene rings is 1. The van der Waals surface area contributed by atoms with Gasteiger partial charge in [0.1, 0.15) is 0 Å². The molecule has 0 aliphatic heterocycles. The molecule has 1 unspecified atom stereocenters. The standard InChI is InChI=1S/C11H11Cl2FN2O3/c1-5(2-9(17)18)15-11(19)16-6-3-7(12)10(14)8(13)4-6/h3-5H,2H2,1H3,(H,17,18)(H2,15,16,19). The first-order valence-electron chi connectivity index (χ1n) is 5.23. The first-order chi connectivity index (χ1) is 8.79. The predicted molar refractivity (Wildman–Crippen MR) is 70.3 cm³/mol. The van der Waals surface area contributed by atoms with Crippen molar-refractivity contribution >= 4 is 40.9 Å². The van der Waals surface area contributed by atoms with E-state index in [0.717, 1.165) is 0 Å². The highest BCUT2D eigenvalue weighted by Crippen LogP contribution is 2.27. The van der Waals surface area contributed by atoms with Crippen LogP contribution < -0.4 is 10.6 Å². The van der Waals surface area contributed by atoms with Gasteiger partial charge in [0.15, 0.2) is 5.82 Å². The fourth-order valence-corrected chi connectivity index (χ4v) is 1.82. The molecule has 0 fully saturated rings. The van der Waals surface area contributed by atoms with E-state index in [1.165, 1.54) is 19.1 Å². The van der Waals surface area contributed by atoms with Crippen LogP contribution in [-0.2, 0) is 4.79 Å². The largest absolute Gasteiger partial charge is 0.481 e. The molecule has 8 heteroatoms. The van der Waals surface area contributed by atoms with Crippen LogP contribution in [0.3, 0.4) is 0 Å².